The molecule has 1 fully saturated rings. The second kappa shape index (κ2) is 4.86. The molecule has 0 radical (unpaired) electrons. The summed E-state index contributed by atoms with van der Waals surface area (Å²) in [5.41, 5.74) is 7.70. The SMILES string of the molecule is CN(C)c1ccc(N)cc1C(=O)NC1CC(O)C1. The molecule has 2 rings (SSSR count). The number of aliphatic hydroxyl groups is 1. The van der Waals surface area contributed by atoms with Crippen LogP contribution in [0, 0.1) is 0 Å². The van der Waals surface area contributed by atoms with Gasteiger partial charge in [-0.2, -0.15) is 0 Å². The minimum atomic E-state index is -0.274. The molecule has 0 atom stereocenters. The first-order valence-electron chi connectivity index (χ1n) is 6.03. The van der Waals surface area contributed by atoms with E-state index in [0.717, 1.165) is 5.69 Å². The highest BCUT2D eigenvalue weighted by molar-refractivity contribution is 6.00. The molecule has 4 N–H and O–H groups in total. The Bertz CT molecular complexity index is 454. The fourth-order valence-corrected chi connectivity index (χ4v) is 2.09. The first-order chi connectivity index (χ1) is 8.47. The average molecular weight is 249 g/mol. The van der Waals surface area contributed by atoms with Crippen LogP contribution in [-0.2, 0) is 0 Å². The van der Waals surface area contributed by atoms with Crippen molar-refractivity contribution in [3.8, 4) is 0 Å². The number of aliphatic hydroxyl groups excluding tert-OH is 1. The van der Waals surface area contributed by atoms with Gasteiger partial charge in [0.2, 0.25) is 0 Å². The average Bonchev–Trinajstić information content (AvgIpc) is 2.26. The van der Waals surface area contributed by atoms with Gasteiger partial charge in [-0.3, -0.25) is 4.79 Å². The number of hydrogen-bond acceptors (Lipinski definition) is 4. The fraction of sp³-hybridized carbons (Fsp3) is 0.462. The number of nitrogens with two attached hydrogens (primary N) is 1. The third kappa shape index (κ3) is 2.56. The van der Waals surface area contributed by atoms with E-state index in [2.05, 4.69) is 5.32 Å². The molecule has 1 aromatic carbocycles. The number of anilines is 2. The third-order valence-electron chi connectivity index (χ3n) is 3.20. The lowest BCUT2D eigenvalue weighted by Gasteiger charge is -2.32. The summed E-state index contributed by atoms with van der Waals surface area (Å²) >= 11 is 0. The topological polar surface area (TPSA) is 78.6 Å². The zero-order valence-corrected chi connectivity index (χ0v) is 10.7. The van der Waals surface area contributed by atoms with Gasteiger partial charge in [-0.25, -0.2) is 0 Å². The Morgan fingerprint density at radius 2 is 2.11 bits per heavy atom. The number of carbonyl (C=O) groups excluding carboxylic acids is 1. The van der Waals surface area contributed by atoms with E-state index >= 15 is 0 Å². The maximum absolute atomic E-state index is 12.2. The van der Waals surface area contributed by atoms with Gasteiger partial charge in [-0.1, -0.05) is 0 Å². The minimum Gasteiger partial charge on any atom is -0.399 e. The molecule has 0 aromatic heterocycles. The summed E-state index contributed by atoms with van der Waals surface area (Å²) in [7, 11) is 3.77. The standard InChI is InChI=1S/C13H19N3O2/c1-16(2)12-4-3-8(14)5-11(12)13(18)15-9-6-10(17)7-9/h3-5,9-10,17H,6-7,14H2,1-2H3,(H,15,18). The lowest BCUT2D eigenvalue weighted by molar-refractivity contribution is 0.0563. The molecule has 0 unspecified atom stereocenters. The summed E-state index contributed by atoms with van der Waals surface area (Å²) in [6, 6.07) is 5.36. The quantitative estimate of drug-likeness (QED) is 0.685. The van der Waals surface area contributed by atoms with E-state index in [0.29, 0.717) is 24.1 Å². The van der Waals surface area contributed by atoms with Crippen LogP contribution in [0.5, 0.6) is 0 Å². The Hall–Kier alpha value is -1.75. The zero-order valence-electron chi connectivity index (χ0n) is 10.7. The summed E-state index contributed by atoms with van der Waals surface area (Å²) in [6.07, 6.45) is 0.987. The largest absolute Gasteiger partial charge is 0.399 e. The second-order valence-corrected chi connectivity index (χ2v) is 4.97. The lowest BCUT2D eigenvalue weighted by atomic mass is 9.89. The Morgan fingerprint density at radius 3 is 2.67 bits per heavy atom. The van der Waals surface area contributed by atoms with Crippen LogP contribution in [0.2, 0.25) is 0 Å². The minimum absolute atomic E-state index is 0.0731. The number of benzene rings is 1. The van der Waals surface area contributed by atoms with Crippen molar-refractivity contribution in [2.75, 3.05) is 24.7 Å². The molecule has 5 heteroatoms. The molecule has 1 saturated carbocycles. The van der Waals surface area contributed by atoms with Crippen LogP contribution in [-0.4, -0.2) is 37.3 Å². The summed E-state index contributed by atoms with van der Waals surface area (Å²) in [6.45, 7) is 0. The molecule has 1 aliphatic rings. The number of carbonyl (C=O) groups is 1. The van der Waals surface area contributed by atoms with Gasteiger partial charge in [0.05, 0.1) is 11.7 Å². The van der Waals surface area contributed by atoms with Crippen molar-refractivity contribution >= 4 is 17.3 Å². The summed E-state index contributed by atoms with van der Waals surface area (Å²) in [4.78, 5) is 14.0. The number of nitrogens with one attached hydrogen (secondary N) is 1. The van der Waals surface area contributed by atoms with Gasteiger partial charge < -0.3 is 21.1 Å². The normalized spacial score (nSPS) is 22.2. The summed E-state index contributed by atoms with van der Waals surface area (Å²) in [5, 5.41) is 12.1. The summed E-state index contributed by atoms with van der Waals surface area (Å²) < 4.78 is 0. The van der Waals surface area contributed by atoms with Gasteiger partial charge in [0.25, 0.3) is 5.91 Å². The maximum Gasteiger partial charge on any atom is 0.253 e. The van der Waals surface area contributed by atoms with Crippen molar-refractivity contribution in [1.82, 2.24) is 5.32 Å². The number of rotatable bonds is 3. The molecule has 0 spiro atoms. The smallest absolute Gasteiger partial charge is 0.253 e. The number of nitrogens with zero attached hydrogens (tertiary/aromatic N) is 1. The molecule has 0 bridgehead atoms. The molecule has 1 aliphatic carbocycles. The van der Waals surface area contributed by atoms with Crippen molar-refractivity contribution < 1.29 is 9.90 Å². The van der Waals surface area contributed by atoms with Gasteiger partial charge in [-0.05, 0) is 31.0 Å². The highest BCUT2D eigenvalue weighted by atomic mass is 16.3. The Kier molecular flexibility index (Phi) is 3.43. The second-order valence-electron chi connectivity index (χ2n) is 4.97. The van der Waals surface area contributed by atoms with E-state index < -0.39 is 0 Å². The van der Waals surface area contributed by atoms with Gasteiger partial charge >= 0.3 is 0 Å². The zero-order chi connectivity index (χ0) is 13.3. The van der Waals surface area contributed by atoms with Crippen LogP contribution in [0.3, 0.4) is 0 Å². The van der Waals surface area contributed by atoms with Gasteiger partial charge in [0.15, 0.2) is 0 Å². The van der Waals surface area contributed by atoms with E-state index in [1.807, 2.05) is 25.1 Å². The molecule has 1 amide bonds. The van der Waals surface area contributed by atoms with E-state index in [1.165, 1.54) is 0 Å². The molecular formula is C13H19N3O2. The van der Waals surface area contributed by atoms with Crippen LogP contribution in [0.4, 0.5) is 11.4 Å². The predicted molar refractivity (Wildman–Crippen MR) is 71.7 cm³/mol. The van der Waals surface area contributed by atoms with Gasteiger partial charge in [0.1, 0.15) is 0 Å². The lowest BCUT2D eigenvalue weighted by Crippen LogP contribution is -2.46. The van der Waals surface area contributed by atoms with Crippen molar-refractivity contribution in [2.24, 2.45) is 0 Å². The molecule has 18 heavy (non-hydrogen) atoms. The number of amides is 1. The van der Waals surface area contributed by atoms with Gasteiger partial charge in [-0.15, -0.1) is 0 Å². The van der Waals surface area contributed by atoms with Crippen molar-refractivity contribution in [3.05, 3.63) is 23.8 Å². The number of nitrogen functional groups attached to an aromatic ring is 1. The van der Waals surface area contributed by atoms with Crippen LogP contribution in [0.25, 0.3) is 0 Å². The van der Waals surface area contributed by atoms with E-state index in [4.69, 9.17) is 5.73 Å². The highest BCUT2D eigenvalue weighted by Crippen LogP contribution is 2.24. The molecule has 0 saturated heterocycles. The van der Waals surface area contributed by atoms with E-state index in [1.54, 1.807) is 12.1 Å². The Balaban J connectivity index is 2.15. The maximum atomic E-state index is 12.2. The number of hydrogen-bond donors (Lipinski definition) is 3. The monoisotopic (exact) mass is 249 g/mol. The molecule has 98 valence electrons. The fourth-order valence-electron chi connectivity index (χ4n) is 2.09. The van der Waals surface area contributed by atoms with E-state index in [9.17, 15) is 9.90 Å². The van der Waals surface area contributed by atoms with Crippen LogP contribution >= 0.6 is 0 Å². The Morgan fingerprint density at radius 1 is 1.44 bits per heavy atom. The third-order valence-corrected chi connectivity index (χ3v) is 3.20. The van der Waals surface area contributed by atoms with Gasteiger partial charge in [0, 0.05) is 31.5 Å². The molecule has 1 aromatic rings. The molecular weight excluding hydrogens is 230 g/mol. The molecule has 0 aliphatic heterocycles. The molecule has 5 nitrogen and oxygen atoms in total. The van der Waals surface area contributed by atoms with E-state index in [-0.39, 0.29) is 18.1 Å². The predicted octanol–water partition coefficient (Wildman–Crippen LogP) is 0.588. The van der Waals surface area contributed by atoms with Crippen LogP contribution < -0.4 is 16.0 Å². The first-order valence-corrected chi connectivity index (χ1v) is 6.03. The highest BCUT2D eigenvalue weighted by Gasteiger charge is 2.29. The van der Waals surface area contributed by atoms with Crippen LogP contribution in [0.1, 0.15) is 23.2 Å². The van der Waals surface area contributed by atoms with Crippen molar-refractivity contribution in [1.29, 1.82) is 0 Å². The van der Waals surface area contributed by atoms with Crippen molar-refractivity contribution in [2.45, 2.75) is 25.0 Å². The Labute approximate surface area is 107 Å². The molecule has 0 heterocycles. The van der Waals surface area contributed by atoms with Crippen molar-refractivity contribution in [3.63, 3.8) is 0 Å². The first kappa shape index (κ1) is 12.7. The van der Waals surface area contributed by atoms with Crippen LogP contribution in [0.15, 0.2) is 18.2 Å². The summed E-state index contributed by atoms with van der Waals surface area (Å²) in [5.74, 6) is -0.136.